The summed E-state index contributed by atoms with van der Waals surface area (Å²) < 4.78 is 9.78. The van der Waals surface area contributed by atoms with Crippen LogP contribution >= 0.6 is 0 Å². The highest BCUT2D eigenvalue weighted by atomic mass is 16.5. The molecule has 1 aliphatic heterocycles. The Balaban J connectivity index is 2.23. The number of hydrogen-bond donors (Lipinski definition) is 1. The first-order chi connectivity index (χ1) is 9.49. The highest BCUT2D eigenvalue weighted by molar-refractivity contribution is 5.78. The van der Waals surface area contributed by atoms with Crippen LogP contribution in [-0.4, -0.2) is 32.0 Å². The first-order valence-electron chi connectivity index (χ1n) is 7.31. The molecule has 1 aliphatic rings. The Morgan fingerprint density at radius 3 is 2.85 bits per heavy atom. The van der Waals surface area contributed by atoms with E-state index >= 15 is 0 Å². The molecule has 0 spiro atoms. The Morgan fingerprint density at radius 2 is 2.25 bits per heavy atom. The quantitative estimate of drug-likeness (QED) is 0.929. The number of rotatable bonds is 3. The molecule has 2 N–H and O–H groups in total. The van der Waals surface area contributed by atoms with Crippen molar-refractivity contribution in [3.8, 4) is 0 Å². The fourth-order valence-corrected chi connectivity index (χ4v) is 3.22. The van der Waals surface area contributed by atoms with Crippen molar-refractivity contribution in [1.82, 2.24) is 19.3 Å². The normalized spacial score (nSPS) is 26.7. The molecule has 2 unspecified atom stereocenters. The summed E-state index contributed by atoms with van der Waals surface area (Å²) in [4.78, 5) is 4.58. The summed E-state index contributed by atoms with van der Waals surface area (Å²) in [5.41, 5.74) is 9.03. The second kappa shape index (κ2) is 4.48. The third kappa shape index (κ3) is 1.67. The third-order valence-corrected chi connectivity index (χ3v) is 4.58. The van der Waals surface area contributed by atoms with E-state index in [9.17, 15) is 0 Å². The lowest BCUT2D eigenvalue weighted by Gasteiger charge is -2.30. The number of nitrogen functional groups attached to an aromatic ring is 1. The largest absolute Gasteiger partial charge is 0.376 e. The molecule has 0 amide bonds. The van der Waals surface area contributed by atoms with E-state index in [1.807, 2.05) is 11.7 Å². The number of aryl methyl sites for hydroxylation is 2. The van der Waals surface area contributed by atoms with E-state index in [0.717, 1.165) is 42.7 Å². The van der Waals surface area contributed by atoms with Crippen molar-refractivity contribution in [1.29, 1.82) is 0 Å². The lowest BCUT2D eigenvalue weighted by Crippen LogP contribution is -2.38. The molecule has 1 saturated heterocycles. The lowest BCUT2D eigenvalue weighted by molar-refractivity contribution is 0.0779. The van der Waals surface area contributed by atoms with Crippen molar-refractivity contribution in [3.63, 3.8) is 0 Å². The van der Waals surface area contributed by atoms with Crippen molar-refractivity contribution in [2.45, 2.75) is 51.7 Å². The lowest BCUT2D eigenvalue weighted by atomic mass is 9.94. The van der Waals surface area contributed by atoms with E-state index in [-0.39, 0.29) is 11.6 Å². The van der Waals surface area contributed by atoms with Crippen LogP contribution in [0.15, 0.2) is 0 Å². The molecule has 0 bridgehead atoms. The van der Waals surface area contributed by atoms with Gasteiger partial charge in [0.15, 0.2) is 5.65 Å². The number of imidazole rings is 1. The van der Waals surface area contributed by atoms with Crippen LogP contribution in [0.25, 0.3) is 11.2 Å². The van der Waals surface area contributed by atoms with Crippen molar-refractivity contribution in [3.05, 3.63) is 5.69 Å². The third-order valence-electron chi connectivity index (χ3n) is 4.58. The maximum atomic E-state index is 6.21. The molecule has 2 aromatic rings. The highest BCUT2D eigenvalue weighted by Gasteiger charge is 2.42. The monoisotopic (exact) mass is 277 g/mol. The fourth-order valence-electron chi connectivity index (χ4n) is 3.22. The van der Waals surface area contributed by atoms with Crippen molar-refractivity contribution >= 4 is 17.1 Å². The zero-order valence-corrected chi connectivity index (χ0v) is 12.7. The van der Waals surface area contributed by atoms with Gasteiger partial charge in [0, 0.05) is 13.7 Å². The van der Waals surface area contributed by atoms with Crippen LogP contribution in [0.4, 0.5) is 5.95 Å². The van der Waals surface area contributed by atoms with E-state index in [2.05, 4.69) is 35.4 Å². The molecular weight excluding hydrogens is 254 g/mol. The molecule has 6 heteroatoms. The minimum atomic E-state index is -0.157. The Hall–Kier alpha value is -1.56. The smallest absolute Gasteiger partial charge is 0.203 e. The molecule has 1 fully saturated rings. The van der Waals surface area contributed by atoms with Crippen molar-refractivity contribution in [2.75, 3.05) is 12.3 Å². The van der Waals surface area contributed by atoms with Gasteiger partial charge >= 0.3 is 0 Å². The summed E-state index contributed by atoms with van der Waals surface area (Å²) in [6.07, 6.45) is 3.04. The van der Waals surface area contributed by atoms with Gasteiger partial charge in [0.25, 0.3) is 0 Å². The van der Waals surface area contributed by atoms with Crippen LogP contribution in [0, 0.1) is 0 Å². The molecule has 110 valence electrons. The van der Waals surface area contributed by atoms with Crippen LogP contribution in [0.5, 0.6) is 0 Å². The molecular formula is C14H23N5O. The molecule has 2 atom stereocenters. The number of nitrogens with zero attached hydrogens (tertiary/aromatic N) is 4. The van der Waals surface area contributed by atoms with Gasteiger partial charge < -0.3 is 10.5 Å². The van der Waals surface area contributed by atoms with Crippen molar-refractivity contribution < 1.29 is 4.74 Å². The van der Waals surface area contributed by atoms with Gasteiger partial charge in [0.1, 0.15) is 5.52 Å². The first-order valence-corrected chi connectivity index (χ1v) is 7.31. The molecule has 3 rings (SSSR count). The number of ether oxygens (including phenoxy) is 1. The number of hydrogen-bond acceptors (Lipinski definition) is 4. The molecule has 0 saturated carbocycles. The predicted molar refractivity (Wildman–Crippen MR) is 78.6 cm³/mol. The SMILES string of the molecule is CCCc1nn(C)c2c1nc(N)n2C1(C)CCOC1C. The molecule has 20 heavy (non-hydrogen) atoms. The summed E-state index contributed by atoms with van der Waals surface area (Å²) in [6.45, 7) is 7.20. The molecule has 0 aromatic carbocycles. The molecule has 0 aliphatic carbocycles. The van der Waals surface area contributed by atoms with Crippen molar-refractivity contribution in [2.24, 2.45) is 7.05 Å². The highest BCUT2D eigenvalue weighted by Crippen LogP contribution is 2.38. The fraction of sp³-hybridized carbons (Fsp3) is 0.714. The number of nitrogens with two attached hydrogens (primary N) is 1. The molecule has 0 radical (unpaired) electrons. The zero-order valence-electron chi connectivity index (χ0n) is 12.7. The Bertz CT molecular complexity index is 644. The Labute approximate surface area is 118 Å². The van der Waals surface area contributed by atoms with E-state index in [4.69, 9.17) is 10.5 Å². The average molecular weight is 277 g/mol. The van der Waals surface area contributed by atoms with E-state index in [1.165, 1.54) is 0 Å². The summed E-state index contributed by atoms with van der Waals surface area (Å²) in [5.74, 6) is 0.560. The predicted octanol–water partition coefficient (Wildman–Crippen LogP) is 1.83. The minimum Gasteiger partial charge on any atom is -0.376 e. The van der Waals surface area contributed by atoms with Gasteiger partial charge in [-0.2, -0.15) is 5.10 Å². The molecule has 3 heterocycles. The summed E-state index contributed by atoms with van der Waals surface area (Å²) in [6, 6.07) is 0. The van der Waals surface area contributed by atoms with Crippen LogP contribution in [0.3, 0.4) is 0 Å². The number of aromatic nitrogens is 4. The van der Waals surface area contributed by atoms with E-state index in [0.29, 0.717) is 5.95 Å². The average Bonchev–Trinajstić information content (AvgIpc) is 2.99. The van der Waals surface area contributed by atoms with Gasteiger partial charge in [-0.05, 0) is 26.7 Å². The number of anilines is 1. The molecule has 2 aromatic heterocycles. The second-order valence-corrected chi connectivity index (χ2v) is 5.92. The van der Waals surface area contributed by atoms with Gasteiger partial charge in [-0.15, -0.1) is 0 Å². The second-order valence-electron chi connectivity index (χ2n) is 5.92. The van der Waals surface area contributed by atoms with Crippen LogP contribution < -0.4 is 5.73 Å². The van der Waals surface area contributed by atoms with Gasteiger partial charge in [-0.25, -0.2) is 4.98 Å². The minimum absolute atomic E-state index is 0.117. The summed E-state index contributed by atoms with van der Waals surface area (Å²) in [5, 5.41) is 4.61. The van der Waals surface area contributed by atoms with Gasteiger partial charge in [-0.3, -0.25) is 9.25 Å². The van der Waals surface area contributed by atoms with Crippen LogP contribution in [0.1, 0.15) is 39.3 Å². The van der Waals surface area contributed by atoms with E-state index < -0.39 is 0 Å². The van der Waals surface area contributed by atoms with Crippen LogP contribution in [0.2, 0.25) is 0 Å². The van der Waals surface area contributed by atoms with Crippen LogP contribution in [-0.2, 0) is 23.7 Å². The first kappa shape index (κ1) is 13.4. The van der Waals surface area contributed by atoms with E-state index in [1.54, 1.807) is 0 Å². The van der Waals surface area contributed by atoms with Gasteiger partial charge in [-0.1, -0.05) is 13.3 Å². The van der Waals surface area contributed by atoms with Gasteiger partial charge in [0.05, 0.1) is 17.3 Å². The zero-order chi connectivity index (χ0) is 14.5. The molecule has 6 nitrogen and oxygen atoms in total. The topological polar surface area (TPSA) is 70.9 Å². The summed E-state index contributed by atoms with van der Waals surface area (Å²) in [7, 11) is 1.96. The maximum Gasteiger partial charge on any atom is 0.203 e. The van der Waals surface area contributed by atoms with Gasteiger partial charge in [0.2, 0.25) is 5.95 Å². The maximum absolute atomic E-state index is 6.21. The Morgan fingerprint density at radius 1 is 1.50 bits per heavy atom. The summed E-state index contributed by atoms with van der Waals surface area (Å²) >= 11 is 0. The Kier molecular flexibility index (Phi) is 3.01. The standard InChI is InChI=1S/C14H23N5O/c1-5-6-10-11-12(18(4)17-10)19(13(15)16-11)14(3)7-8-20-9(14)2/h9H,5-8H2,1-4H3,(H2,15,16). The number of fused-ring (bicyclic) bond motifs is 1.